The smallest absolute Gasteiger partial charge is 0.365 e. The van der Waals surface area contributed by atoms with Crippen molar-refractivity contribution in [1.29, 1.82) is 0 Å². The first-order chi connectivity index (χ1) is 14.6. The van der Waals surface area contributed by atoms with Crippen molar-refractivity contribution in [3.05, 3.63) is 72.3 Å². The number of aromatic nitrogens is 3. The molecule has 31 heavy (non-hydrogen) atoms. The van der Waals surface area contributed by atoms with E-state index in [1.807, 2.05) is 30.3 Å². The maximum Gasteiger partial charge on any atom is 0.416 e. The minimum absolute atomic E-state index is 0.0397. The molecule has 3 heterocycles. The molecule has 0 amide bonds. The molecular formula is C20H20F3N5O2S. The molecule has 0 unspecified atom stereocenters. The zero-order chi connectivity index (χ0) is 22.2. The molecule has 1 saturated heterocycles. The SMILES string of the molecule is Cn1cnc(S(=O)(=O)N2C[C@H](Nc3cc(C(F)(F)F)ccn3)[C@@H](c3ccccc3)C2)c1. The number of rotatable bonds is 5. The Morgan fingerprint density at radius 1 is 1.10 bits per heavy atom. The lowest BCUT2D eigenvalue weighted by molar-refractivity contribution is -0.137. The molecule has 0 spiro atoms. The van der Waals surface area contributed by atoms with Gasteiger partial charge in [-0.25, -0.2) is 18.4 Å². The summed E-state index contributed by atoms with van der Waals surface area (Å²) in [5.74, 6) is -0.242. The fraction of sp³-hybridized carbons (Fsp3) is 0.300. The molecule has 1 aromatic carbocycles. The highest BCUT2D eigenvalue weighted by Crippen LogP contribution is 2.34. The first-order valence-electron chi connectivity index (χ1n) is 9.47. The molecule has 0 radical (unpaired) electrons. The van der Waals surface area contributed by atoms with Gasteiger partial charge in [-0.3, -0.25) is 0 Å². The van der Waals surface area contributed by atoms with Gasteiger partial charge in [-0.2, -0.15) is 17.5 Å². The van der Waals surface area contributed by atoms with E-state index in [1.54, 1.807) is 11.6 Å². The number of pyridine rings is 1. The van der Waals surface area contributed by atoms with Crippen molar-refractivity contribution in [3.8, 4) is 0 Å². The number of hydrogen-bond acceptors (Lipinski definition) is 5. The van der Waals surface area contributed by atoms with Crippen molar-refractivity contribution in [2.24, 2.45) is 7.05 Å². The second kappa shape index (κ2) is 7.97. The Bertz CT molecular complexity index is 1160. The molecular weight excluding hydrogens is 431 g/mol. The van der Waals surface area contributed by atoms with Crippen LogP contribution in [0.3, 0.4) is 0 Å². The molecule has 2 atom stereocenters. The minimum atomic E-state index is -4.50. The van der Waals surface area contributed by atoms with Gasteiger partial charge in [0.15, 0.2) is 5.03 Å². The summed E-state index contributed by atoms with van der Waals surface area (Å²) in [7, 11) is -2.18. The number of nitrogens with zero attached hydrogens (tertiary/aromatic N) is 4. The lowest BCUT2D eigenvalue weighted by Crippen LogP contribution is -2.32. The standard InChI is InChI=1S/C20H20F3N5O2S/c1-27-12-19(25-13-27)31(29,30)28-10-16(14-5-3-2-4-6-14)17(11-28)26-18-9-15(7-8-24-18)20(21,22)23/h2-9,12-13,16-17H,10-11H2,1H3,(H,24,26)/t16-,17+/m1/s1. The van der Waals surface area contributed by atoms with E-state index < -0.39 is 27.8 Å². The van der Waals surface area contributed by atoms with Crippen molar-refractivity contribution in [3.63, 3.8) is 0 Å². The normalized spacial score (nSPS) is 20.1. The third-order valence-electron chi connectivity index (χ3n) is 5.22. The van der Waals surface area contributed by atoms with Gasteiger partial charge >= 0.3 is 6.18 Å². The molecule has 4 rings (SSSR count). The van der Waals surface area contributed by atoms with Crippen molar-refractivity contribution in [1.82, 2.24) is 18.8 Å². The Kier molecular flexibility index (Phi) is 5.48. The van der Waals surface area contributed by atoms with Crippen LogP contribution in [0, 0.1) is 0 Å². The zero-order valence-corrected chi connectivity index (χ0v) is 17.3. The second-order valence-electron chi connectivity index (χ2n) is 7.39. The molecule has 0 bridgehead atoms. The van der Waals surface area contributed by atoms with Gasteiger partial charge in [0, 0.05) is 44.5 Å². The molecule has 164 valence electrons. The maximum atomic E-state index is 13.1. The average Bonchev–Trinajstić information content (AvgIpc) is 3.36. The highest BCUT2D eigenvalue weighted by atomic mass is 32.2. The molecule has 1 aliphatic heterocycles. The van der Waals surface area contributed by atoms with Crippen molar-refractivity contribution in [2.75, 3.05) is 18.4 Å². The third kappa shape index (κ3) is 4.42. The van der Waals surface area contributed by atoms with Crippen LogP contribution in [-0.4, -0.2) is 46.4 Å². The van der Waals surface area contributed by atoms with Crippen LogP contribution in [0.25, 0.3) is 0 Å². The van der Waals surface area contributed by atoms with Crippen LogP contribution in [0.4, 0.5) is 19.0 Å². The van der Waals surface area contributed by atoms with E-state index in [4.69, 9.17) is 0 Å². The van der Waals surface area contributed by atoms with Crippen molar-refractivity contribution in [2.45, 2.75) is 23.2 Å². The summed E-state index contributed by atoms with van der Waals surface area (Å²) in [5, 5.41) is 2.95. The van der Waals surface area contributed by atoms with E-state index in [-0.39, 0.29) is 29.9 Å². The molecule has 1 N–H and O–H groups in total. The summed E-state index contributed by atoms with van der Waals surface area (Å²) in [6.07, 6.45) is -0.593. The molecule has 2 aromatic heterocycles. The van der Waals surface area contributed by atoms with E-state index in [0.717, 1.165) is 23.9 Å². The van der Waals surface area contributed by atoms with Gasteiger partial charge in [0.2, 0.25) is 0 Å². The Balaban J connectivity index is 1.65. The molecule has 0 saturated carbocycles. The van der Waals surface area contributed by atoms with E-state index >= 15 is 0 Å². The van der Waals surface area contributed by atoms with Gasteiger partial charge in [0.1, 0.15) is 5.82 Å². The zero-order valence-electron chi connectivity index (χ0n) is 16.5. The predicted octanol–water partition coefficient (Wildman–Crippen LogP) is 3.10. The van der Waals surface area contributed by atoms with Crippen LogP contribution in [0.15, 0.2) is 66.2 Å². The number of sulfonamides is 1. The van der Waals surface area contributed by atoms with Crippen LogP contribution in [-0.2, 0) is 23.2 Å². The minimum Gasteiger partial charge on any atom is -0.365 e. The Morgan fingerprint density at radius 3 is 2.48 bits per heavy atom. The monoisotopic (exact) mass is 451 g/mol. The van der Waals surface area contributed by atoms with Crippen LogP contribution < -0.4 is 5.32 Å². The third-order valence-corrected chi connectivity index (χ3v) is 6.94. The van der Waals surface area contributed by atoms with Gasteiger partial charge in [0.25, 0.3) is 10.0 Å². The van der Waals surface area contributed by atoms with E-state index in [1.165, 1.54) is 16.8 Å². The van der Waals surface area contributed by atoms with E-state index in [2.05, 4.69) is 15.3 Å². The number of halogens is 3. The number of hydrogen-bond donors (Lipinski definition) is 1. The summed E-state index contributed by atoms with van der Waals surface area (Å²) in [6, 6.07) is 10.6. The Hall–Kier alpha value is -2.92. The fourth-order valence-corrected chi connectivity index (χ4v) is 5.14. The highest BCUT2D eigenvalue weighted by Gasteiger charge is 2.41. The summed E-state index contributed by atoms with van der Waals surface area (Å²) in [6.45, 7) is 0.232. The largest absolute Gasteiger partial charge is 0.416 e. The van der Waals surface area contributed by atoms with E-state index in [0.29, 0.717) is 0 Å². The van der Waals surface area contributed by atoms with E-state index in [9.17, 15) is 21.6 Å². The maximum absolute atomic E-state index is 13.1. The second-order valence-corrected chi connectivity index (χ2v) is 9.28. The number of imidazole rings is 1. The first kappa shape index (κ1) is 21.3. The summed E-state index contributed by atoms with van der Waals surface area (Å²) in [4.78, 5) is 7.95. The molecule has 7 nitrogen and oxygen atoms in total. The topological polar surface area (TPSA) is 80.1 Å². The number of nitrogens with one attached hydrogen (secondary N) is 1. The van der Waals surface area contributed by atoms with Gasteiger partial charge in [-0.15, -0.1) is 0 Å². The van der Waals surface area contributed by atoms with Gasteiger partial charge < -0.3 is 9.88 Å². The van der Waals surface area contributed by atoms with Crippen molar-refractivity contribution < 1.29 is 21.6 Å². The van der Waals surface area contributed by atoms with Gasteiger partial charge in [-0.1, -0.05) is 30.3 Å². The summed E-state index contributed by atoms with van der Waals surface area (Å²) < 4.78 is 68.2. The van der Waals surface area contributed by atoms with Gasteiger partial charge in [0.05, 0.1) is 11.9 Å². The number of alkyl halides is 3. The molecule has 3 aromatic rings. The number of benzene rings is 1. The summed E-state index contributed by atoms with van der Waals surface area (Å²) >= 11 is 0. The molecule has 1 fully saturated rings. The summed E-state index contributed by atoms with van der Waals surface area (Å²) in [5.41, 5.74) is 0.0583. The lowest BCUT2D eigenvalue weighted by atomic mass is 9.94. The fourth-order valence-electron chi connectivity index (χ4n) is 3.68. The van der Waals surface area contributed by atoms with Crippen LogP contribution in [0.2, 0.25) is 0 Å². The molecule has 0 aliphatic carbocycles. The van der Waals surface area contributed by atoms with Crippen LogP contribution >= 0.6 is 0 Å². The number of anilines is 1. The highest BCUT2D eigenvalue weighted by molar-refractivity contribution is 7.89. The number of aryl methyl sites for hydroxylation is 1. The lowest BCUT2D eigenvalue weighted by Gasteiger charge is -2.21. The first-order valence-corrected chi connectivity index (χ1v) is 10.9. The average molecular weight is 451 g/mol. The Morgan fingerprint density at radius 2 is 1.84 bits per heavy atom. The quantitative estimate of drug-likeness (QED) is 0.645. The Labute approximate surface area is 177 Å². The predicted molar refractivity (Wildman–Crippen MR) is 108 cm³/mol. The van der Waals surface area contributed by atoms with Crippen LogP contribution in [0.5, 0.6) is 0 Å². The molecule has 11 heteroatoms. The van der Waals surface area contributed by atoms with Gasteiger partial charge in [-0.05, 0) is 17.7 Å². The van der Waals surface area contributed by atoms with Crippen LogP contribution in [0.1, 0.15) is 17.0 Å². The van der Waals surface area contributed by atoms with Crippen molar-refractivity contribution >= 4 is 15.8 Å². The molecule has 1 aliphatic rings.